The first-order valence-electron chi connectivity index (χ1n) is 8.95. The molecule has 0 aromatic rings. The van der Waals surface area contributed by atoms with Gasteiger partial charge in [0, 0.05) is 5.41 Å². The minimum absolute atomic E-state index is 0.0490. The molecule has 1 N–H and O–H groups in total. The van der Waals surface area contributed by atoms with Crippen LogP contribution in [-0.2, 0) is 0 Å². The lowest BCUT2D eigenvalue weighted by Crippen LogP contribution is -2.61. The zero-order chi connectivity index (χ0) is 15.6. The molecule has 0 aromatic heterocycles. The van der Waals surface area contributed by atoms with E-state index in [4.69, 9.17) is 0 Å². The Morgan fingerprint density at radius 2 is 2.05 bits per heavy atom. The summed E-state index contributed by atoms with van der Waals surface area (Å²) in [7, 11) is 0. The van der Waals surface area contributed by atoms with Gasteiger partial charge in [0.2, 0.25) is 0 Å². The smallest absolute Gasteiger partial charge is 0.0775 e. The molecule has 0 saturated heterocycles. The minimum Gasteiger partial charge on any atom is -0.389 e. The molecule has 2 fully saturated rings. The highest BCUT2D eigenvalue weighted by atomic mass is 16.3. The number of rotatable bonds is 0. The number of fused-ring (bicyclic) bond motifs is 5. The summed E-state index contributed by atoms with van der Waals surface area (Å²) in [4.78, 5) is 0. The van der Waals surface area contributed by atoms with Crippen molar-refractivity contribution < 1.29 is 5.11 Å². The molecule has 0 bridgehead atoms. The van der Waals surface area contributed by atoms with Crippen molar-refractivity contribution >= 4 is 0 Å². The van der Waals surface area contributed by atoms with Crippen LogP contribution in [0.5, 0.6) is 0 Å². The maximum atomic E-state index is 11.8. The van der Waals surface area contributed by atoms with E-state index in [-0.39, 0.29) is 10.8 Å². The molecular weight excluding hydrogens is 268 g/mol. The standard InChI is InChI=1S/C21H28O/c1-4-15-8-10-17-18-11-9-16-7-5-6-12-20(16,3)21(18,22)14-13-19(15,17)2/h5,7,9,17-18,22H,1,6,8,10-14H2,2-3H3/t17-,18-,19+,20-,21+/m0/s1. The average Bonchev–Trinajstić information content (AvgIpc) is 2.84. The SMILES string of the molecule is C=C=C1CC[C@H]2[C@@H]3CC=C4C=CCC[C@]4(C)[C@@]3(O)CC[C@]12C. The van der Waals surface area contributed by atoms with E-state index in [1.807, 2.05) is 0 Å². The molecule has 0 radical (unpaired) electrons. The van der Waals surface area contributed by atoms with E-state index in [2.05, 4.69) is 44.4 Å². The maximum Gasteiger partial charge on any atom is 0.0775 e. The van der Waals surface area contributed by atoms with Crippen molar-refractivity contribution in [1.82, 2.24) is 0 Å². The van der Waals surface area contributed by atoms with Gasteiger partial charge in [-0.2, -0.15) is 0 Å². The lowest BCUT2D eigenvalue weighted by molar-refractivity contribution is -0.171. The van der Waals surface area contributed by atoms with Crippen LogP contribution in [-0.4, -0.2) is 10.7 Å². The highest BCUT2D eigenvalue weighted by Crippen LogP contribution is 2.66. The van der Waals surface area contributed by atoms with Crippen LogP contribution in [0.15, 0.2) is 41.7 Å². The first kappa shape index (κ1) is 14.5. The predicted molar refractivity (Wildman–Crippen MR) is 90.3 cm³/mol. The molecule has 4 aliphatic rings. The molecule has 0 aliphatic heterocycles. The van der Waals surface area contributed by atoms with Crippen LogP contribution < -0.4 is 0 Å². The van der Waals surface area contributed by atoms with Gasteiger partial charge in [-0.25, -0.2) is 0 Å². The van der Waals surface area contributed by atoms with Gasteiger partial charge in [-0.1, -0.05) is 38.7 Å². The zero-order valence-electron chi connectivity index (χ0n) is 14.0. The second kappa shape index (κ2) is 4.49. The van der Waals surface area contributed by atoms with Gasteiger partial charge < -0.3 is 5.11 Å². The quantitative estimate of drug-likeness (QED) is 0.628. The Balaban J connectivity index is 1.81. The molecule has 2 saturated carbocycles. The van der Waals surface area contributed by atoms with Crippen LogP contribution >= 0.6 is 0 Å². The molecule has 0 unspecified atom stereocenters. The monoisotopic (exact) mass is 296 g/mol. The third-order valence-electron chi connectivity index (χ3n) is 7.84. The molecule has 0 heterocycles. The zero-order valence-corrected chi connectivity index (χ0v) is 14.0. The molecule has 22 heavy (non-hydrogen) atoms. The highest BCUT2D eigenvalue weighted by molar-refractivity contribution is 5.38. The topological polar surface area (TPSA) is 20.2 Å². The van der Waals surface area contributed by atoms with Crippen molar-refractivity contribution in [1.29, 1.82) is 0 Å². The first-order chi connectivity index (χ1) is 10.5. The molecule has 0 aromatic carbocycles. The third-order valence-corrected chi connectivity index (χ3v) is 7.84. The van der Waals surface area contributed by atoms with Gasteiger partial charge in [0.05, 0.1) is 5.60 Å². The molecule has 1 heteroatoms. The Labute approximate surface area is 134 Å². The lowest BCUT2D eigenvalue weighted by Gasteiger charge is -2.61. The highest BCUT2D eigenvalue weighted by Gasteiger charge is 2.63. The molecule has 1 nitrogen and oxygen atoms in total. The molecule has 0 amide bonds. The molecule has 4 rings (SSSR count). The maximum absolute atomic E-state index is 11.8. The Bertz CT molecular complexity index is 620. The Morgan fingerprint density at radius 3 is 2.82 bits per heavy atom. The van der Waals surface area contributed by atoms with E-state index in [1.54, 1.807) is 0 Å². The second-order valence-corrected chi connectivity index (χ2v) is 8.42. The van der Waals surface area contributed by atoms with Gasteiger partial charge in [0.15, 0.2) is 0 Å². The van der Waals surface area contributed by atoms with Crippen molar-refractivity contribution in [2.75, 3.05) is 0 Å². The lowest BCUT2D eigenvalue weighted by atomic mass is 9.46. The van der Waals surface area contributed by atoms with Crippen molar-refractivity contribution in [2.24, 2.45) is 22.7 Å². The molecule has 5 atom stereocenters. The van der Waals surface area contributed by atoms with Crippen LogP contribution in [0.25, 0.3) is 0 Å². The predicted octanol–water partition coefficient (Wildman–Crippen LogP) is 4.94. The van der Waals surface area contributed by atoms with E-state index in [0.29, 0.717) is 11.8 Å². The fourth-order valence-corrected chi connectivity index (χ4v) is 6.34. The van der Waals surface area contributed by atoms with Crippen LogP contribution in [0.2, 0.25) is 0 Å². The Hall–Kier alpha value is -1.04. The summed E-state index contributed by atoms with van der Waals surface area (Å²) in [6, 6.07) is 0. The molecule has 0 spiro atoms. The van der Waals surface area contributed by atoms with Crippen molar-refractivity contribution in [3.63, 3.8) is 0 Å². The fourth-order valence-electron chi connectivity index (χ4n) is 6.34. The summed E-state index contributed by atoms with van der Waals surface area (Å²) in [6.45, 7) is 8.65. The van der Waals surface area contributed by atoms with E-state index in [9.17, 15) is 5.11 Å². The van der Waals surface area contributed by atoms with E-state index in [0.717, 1.165) is 38.5 Å². The number of hydrogen-bond donors (Lipinski definition) is 1. The third kappa shape index (κ3) is 1.54. The first-order valence-corrected chi connectivity index (χ1v) is 8.95. The molecule has 118 valence electrons. The van der Waals surface area contributed by atoms with Crippen LogP contribution in [0.4, 0.5) is 0 Å². The van der Waals surface area contributed by atoms with Crippen LogP contribution in [0.1, 0.15) is 58.8 Å². The largest absolute Gasteiger partial charge is 0.389 e. The fraction of sp³-hybridized carbons (Fsp3) is 0.667. The van der Waals surface area contributed by atoms with Gasteiger partial charge >= 0.3 is 0 Å². The summed E-state index contributed by atoms with van der Waals surface area (Å²) in [5.41, 5.74) is 5.70. The minimum atomic E-state index is -0.525. The van der Waals surface area contributed by atoms with Gasteiger partial charge in [-0.05, 0) is 73.3 Å². The Kier molecular flexibility index (Phi) is 2.97. The van der Waals surface area contributed by atoms with Gasteiger partial charge in [0.25, 0.3) is 0 Å². The van der Waals surface area contributed by atoms with Crippen molar-refractivity contribution in [2.45, 2.75) is 64.4 Å². The average molecular weight is 296 g/mol. The van der Waals surface area contributed by atoms with Gasteiger partial charge in [0.1, 0.15) is 0 Å². The number of hydrogen-bond acceptors (Lipinski definition) is 1. The summed E-state index contributed by atoms with van der Waals surface area (Å²) >= 11 is 0. The van der Waals surface area contributed by atoms with Crippen LogP contribution in [0.3, 0.4) is 0 Å². The van der Waals surface area contributed by atoms with E-state index >= 15 is 0 Å². The number of allylic oxidation sites excluding steroid dienone is 4. The summed E-state index contributed by atoms with van der Waals surface area (Å²) < 4.78 is 0. The van der Waals surface area contributed by atoms with E-state index in [1.165, 1.54) is 17.6 Å². The second-order valence-electron chi connectivity index (χ2n) is 8.42. The van der Waals surface area contributed by atoms with Gasteiger partial charge in [-0.15, -0.1) is 5.73 Å². The summed E-state index contributed by atoms with van der Waals surface area (Å²) in [6.07, 6.45) is 14.6. The number of aliphatic hydroxyl groups is 1. The van der Waals surface area contributed by atoms with E-state index < -0.39 is 5.60 Å². The molecule has 4 aliphatic carbocycles. The van der Waals surface area contributed by atoms with Crippen LogP contribution in [0, 0.1) is 22.7 Å². The van der Waals surface area contributed by atoms with Crippen molar-refractivity contribution in [3.05, 3.63) is 41.7 Å². The van der Waals surface area contributed by atoms with Gasteiger partial charge in [-0.3, -0.25) is 0 Å². The normalized spacial score (nSPS) is 49.8. The summed E-state index contributed by atoms with van der Waals surface area (Å²) in [5, 5.41) is 11.8. The molecular formula is C21H28O. The van der Waals surface area contributed by atoms with Crippen molar-refractivity contribution in [3.8, 4) is 0 Å². The Morgan fingerprint density at radius 1 is 1.23 bits per heavy atom. The summed E-state index contributed by atoms with van der Waals surface area (Å²) in [5.74, 6) is 0.994.